The third kappa shape index (κ3) is 6.06. The van der Waals surface area contributed by atoms with Crippen LogP contribution in [0.25, 0.3) is 6.08 Å². The molecule has 0 aliphatic heterocycles. The summed E-state index contributed by atoms with van der Waals surface area (Å²) in [5.74, 6) is 0.260. The van der Waals surface area contributed by atoms with Crippen LogP contribution in [0, 0.1) is 0 Å². The lowest BCUT2D eigenvalue weighted by Crippen LogP contribution is -2.24. The van der Waals surface area contributed by atoms with Crippen molar-refractivity contribution in [3.63, 3.8) is 0 Å². The fourth-order valence-electron chi connectivity index (χ4n) is 2.71. The molecule has 1 heterocycles. The molecule has 2 N–H and O–H groups in total. The van der Waals surface area contributed by atoms with Gasteiger partial charge in [-0.25, -0.2) is 13.1 Å². The van der Waals surface area contributed by atoms with Crippen molar-refractivity contribution in [2.24, 2.45) is 0 Å². The summed E-state index contributed by atoms with van der Waals surface area (Å²) >= 11 is 5.98. The van der Waals surface area contributed by atoms with E-state index in [2.05, 4.69) is 10.0 Å². The van der Waals surface area contributed by atoms with Crippen molar-refractivity contribution >= 4 is 33.6 Å². The number of carbonyl (C=O) groups is 1. The van der Waals surface area contributed by atoms with Crippen LogP contribution in [0.1, 0.15) is 29.9 Å². The Morgan fingerprint density at radius 1 is 1.13 bits per heavy atom. The summed E-state index contributed by atoms with van der Waals surface area (Å²) in [6.45, 7) is 1.94. The van der Waals surface area contributed by atoms with E-state index in [0.29, 0.717) is 16.3 Å². The number of amides is 1. The van der Waals surface area contributed by atoms with Gasteiger partial charge in [-0.1, -0.05) is 35.9 Å². The van der Waals surface area contributed by atoms with Gasteiger partial charge in [0, 0.05) is 11.1 Å². The van der Waals surface area contributed by atoms with Crippen molar-refractivity contribution in [3.05, 3.63) is 94.9 Å². The van der Waals surface area contributed by atoms with E-state index in [1.807, 2.05) is 19.1 Å². The first kappa shape index (κ1) is 21.8. The summed E-state index contributed by atoms with van der Waals surface area (Å²) in [4.78, 5) is 12.3. The van der Waals surface area contributed by atoms with Crippen LogP contribution < -0.4 is 10.0 Å². The highest BCUT2D eigenvalue weighted by Crippen LogP contribution is 2.17. The Labute approximate surface area is 180 Å². The van der Waals surface area contributed by atoms with E-state index < -0.39 is 10.0 Å². The number of halogens is 1. The van der Waals surface area contributed by atoms with Gasteiger partial charge in [0.2, 0.25) is 15.9 Å². The standard InChI is InChI=1S/C22H21ClN2O4S/c1-16(18-4-2-5-19(23)14-18)25-22(26)12-9-17-7-10-21(11-8-17)30(27,28)24-15-20-6-3-13-29-20/h2-14,16,24H,15H2,1H3,(H,25,26)/b12-9+. The van der Waals surface area contributed by atoms with Gasteiger partial charge in [0.05, 0.1) is 23.7 Å². The number of sulfonamides is 1. The first-order chi connectivity index (χ1) is 14.3. The lowest BCUT2D eigenvalue weighted by molar-refractivity contribution is -0.117. The number of benzene rings is 2. The molecule has 0 saturated carbocycles. The van der Waals surface area contributed by atoms with Gasteiger partial charge in [0.15, 0.2) is 0 Å². The smallest absolute Gasteiger partial charge is 0.244 e. The van der Waals surface area contributed by atoms with Crippen molar-refractivity contribution in [1.29, 1.82) is 0 Å². The molecular formula is C22H21ClN2O4S. The van der Waals surface area contributed by atoms with Gasteiger partial charge in [-0.3, -0.25) is 4.79 Å². The summed E-state index contributed by atoms with van der Waals surface area (Å²) in [6, 6.07) is 16.7. The average Bonchev–Trinajstić information content (AvgIpc) is 3.25. The third-order valence-corrected chi connectivity index (χ3v) is 5.99. The maximum Gasteiger partial charge on any atom is 0.244 e. The first-order valence-electron chi connectivity index (χ1n) is 9.20. The minimum atomic E-state index is -3.66. The van der Waals surface area contributed by atoms with Crippen LogP contribution in [-0.4, -0.2) is 14.3 Å². The van der Waals surface area contributed by atoms with Crippen LogP contribution in [0.2, 0.25) is 5.02 Å². The van der Waals surface area contributed by atoms with Gasteiger partial charge >= 0.3 is 0 Å². The van der Waals surface area contributed by atoms with E-state index in [-0.39, 0.29) is 23.4 Å². The van der Waals surface area contributed by atoms with E-state index in [0.717, 1.165) is 5.56 Å². The zero-order valence-electron chi connectivity index (χ0n) is 16.2. The molecule has 0 aliphatic carbocycles. The van der Waals surface area contributed by atoms with Crippen LogP contribution in [0.5, 0.6) is 0 Å². The Bertz CT molecular complexity index is 1120. The number of rotatable bonds is 8. The van der Waals surface area contributed by atoms with Crippen LogP contribution in [0.3, 0.4) is 0 Å². The molecule has 3 aromatic rings. The Morgan fingerprint density at radius 3 is 2.57 bits per heavy atom. The van der Waals surface area contributed by atoms with Gasteiger partial charge in [-0.2, -0.15) is 0 Å². The molecule has 1 aromatic heterocycles. The van der Waals surface area contributed by atoms with Crippen molar-refractivity contribution < 1.29 is 17.6 Å². The van der Waals surface area contributed by atoms with Gasteiger partial charge in [0.1, 0.15) is 5.76 Å². The molecule has 1 unspecified atom stereocenters. The number of hydrogen-bond acceptors (Lipinski definition) is 4. The van der Waals surface area contributed by atoms with Gasteiger partial charge < -0.3 is 9.73 Å². The number of nitrogens with one attached hydrogen (secondary N) is 2. The second-order valence-electron chi connectivity index (χ2n) is 6.59. The third-order valence-electron chi connectivity index (χ3n) is 4.34. The van der Waals surface area contributed by atoms with Gasteiger partial charge in [0.25, 0.3) is 0 Å². The predicted octanol–water partition coefficient (Wildman–Crippen LogP) is 4.30. The maximum atomic E-state index is 12.3. The molecule has 30 heavy (non-hydrogen) atoms. The summed E-state index contributed by atoms with van der Waals surface area (Å²) < 4.78 is 32.3. The lowest BCUT2D eigenvalue weighted by Gasteiger charge is -2.13. The molecule has 6 nitrogen and oxygen atoms in total. The Hall–Kier alpha value is -2.87. The topological polar surface area (TPSA) is 88.4 Å². The normalized spacial score (nSPS) is 12.7. The van der Waals surface area contributed by atoms with E-state index in [9.17, 15) is 13.2 Å². The minimum Gasteiger partial charge on any atom is -0.468 e. The molecule has 0 radical (unpaired) electrons. The van der Waals surface area contributed by atoms with Crippen LogP contribution >= 0.6 is 11.6 Å². The summed E-state index contributed by atoms with van der Waals surface area (Å²) in [7, 11) is -3.66. The van der Waals surface area contributed by atoms with E-state index in [1.54, 1.807) is 42.5 Å². The highest BCUT2D eigenvalue weighted by Gasteiger charge is 2.14. The molecule has 3 rings (SSSR count). The van der Waals surface area contributed by atoms with E-state index >= 15 is 0 Å². The Balaban J connectivity index is 1.57. The second-order valence-corrected chi connectivity index (χ2v) is 8.79. The zero-order valence-corrected chi connectivity index (χ0v) is 17.8. The second kappa shape index (κ2) is 9.75. The molecule has 1 amide bonds. The van der Waals surface area contributed by atoms with Crippen LogP contribution in [0.15, 0.2) is 82.3 Å². The highest BCUT2D eigenvalue weighted by molar-refractivity contribution is 7.89. The molecule has 1 atom stereocenters. The molecule has 0 fully saturated rings. The quantitative estimate of drug-likeness (QED) is 0.507. The van der Waals surface area contributed by atoms with Gasteiger partial charge in [-0.05, 0) is 60.5 Å². The van der Waals surface area contributed by atoms with Crippen LogP contribution in [-0.2, 0) is 21.4 Å². The summed E-state index contributed by atoms with van der Waals surface area (Å²) in [5.41, 5.74) is 1.60. The van der Waals surface area contributed by atoms with E-state index in [1.165, 1.54) is 24.5 Å². The molecule has 2 aromatic carbocycles. The lowest BCUT2D eigenvalue weighted by atomic mass is 10.1. The molecule has 0 spiro atoms. The monoisotopic (exact) mass is 444 g/mol. The highest BCUT2D eigenvalue weighted by atomic mass is 35.5. The number of hydrogen-bond donors (Lipinski definition) is 2. The van der Waals surface area contributed by atoms with E-state index in [4.69, 9.17) is 16.0 Å². The van der Waals surface area contributed by atoms with Crippen molar-refractivity contribution in [2.45, 2.75) is 24.4 Å². The largest absolute Gasteiger partial charge is 0.468 e. The fraction of sp³-hybridized carbons (Fsp3) is 0.136. The Kier molecular flexibility index (Phi) is 7.10. The van der Waals surface area contributed by atoms with Gasteiger partial charge in [-0.15, -0.1) is 0 Å². The van der Waals surface area contributed by atoms with Crippen molar-refractivity contribution in [3.8, 4) is 0 Å². The molecule has 8 heteroatoms. The first-order valence-corrected chi connectivity index (χ1v) is 11.1. The molecule has 0 bridgehead atoms. The molecule has 156 valence electrons. The number of carbonyl (C=O) groups excluding carboxylic acids is 1. The summed E-state index contributed by atoms with van der Waals surface area (Å²) in [5, 5.41) is 3.47. The SMILES string of the molecule is CC(NC(=O)/C=C/c1ccc(S(=O)(=O)NCc2ccco2)cc1)c1cccc(Cl)c1. The summed E-state index contributed by atoms with van der Waals surface area (Å²) in [6.07, 6.45) is 4.50. The predicted molar refractivity (Wildman–Crippen MR) is 116 cm³/mol. The van der Waals surface area contributed by atoms with Crippen molar-refractivity contribution in [1.82, 2.24) is 10.0 Å². The zero-order chi connectivity index (χ0) is 21.6. The average molecular weight is 445 g/mol. The number of furan rings is 1. The molecular weight excluding hydrogens is 424 g/mol. The Morgan fingerprint density at radius 2 is 1.90 bits per heavy atom. The van der Waals surface area contributed by atoms with Crippen molar-refractivity contribution in [2.75, 3.05) is 0 Å². The maximum absolute atomic E-state index is 12.3. The van der Waals surface area contributed by atoms with Crippen LogP contribution in [0.4, 0.5) is 0 Å². The fourth-order valence-corrected chi connectivity index (χ4v) is 3.91. The molecule has 0 saturated heterocycles. The minimum absolute atomic E-state index is 0.0714. The molecule has 0 aliphatic rings.